The number of carbonyl (C=O) groups is 1. The minimum Gasteiger partial charge on any atom is -0.502 e. The van der Waals surface area contributed by atoms with E-state index >= 15 is 0 Å². The van der Waals surface area contributed by atoms with Crippen LogP contribution in [-0.2, 0) is 14.8 Å². The monoisotopic (exact) mass is 433 g/mol. The Kier molecular flexibility index (Phi) is 5.88. The molecule has 3 aromatic rings. The van der Waals surface area contributed by atoms with Gasteiger partial charge in [0.2, 0.25) is 11.5 Å². The van der Waals surface area contributed by atoms with Crippen molar-refractivity contribution in [3.05, 3.63) is 48.5 Å². The predicted molar refractivity (Wildman–Crippen MR) is 107 cm³/mol. The van der Waals surface area contributed by atoms with Crippen molar-refractivity contribution in [1.29, 1.82) is 0 Å². The van der Waals surface area contributed by atoms with Crippen molar-refractivity contribution in [2.75, 3.05) is 18.9 Å². The number of benzene rings is 2. The van der Waals surface area contributed by atoms with Gasteiger partial charge in [-0.25, -0.2) is 13.1 Å². The fourth-order valence-electron chi connectivity index (χ4n) is 2.63. The number of nitrogens with one attached hydrogen (secondary N) is 1. The first-order chi connectivity index (χ1) is 14.2. The predicted octanol–water partition coefficient (Wildman–Crippen LogP) is 3.40. The molecule has 0 aliphatic carbocycles. The molecule has 0 saturated heterocycles. The molecule has 1 aromatic heterocycles. The second-order valence-corrected chi connectivity index (χ2v) is 7.73. The maximum Gasteiger partial charge on any atom is 0.308 e. The van der Waals surface area contributed by atoms with Crippen LogP contribution in [0.1, 0.15) is 6.92 Å². The van der Waals surface area contributed by atoms with Crippen LogP contribution < -0.4 is 18.9 Å². The first kappa shape index (κ1) is 21.1. The Bertz CT molecular complexity index is 1150. The topological polar surface area (TPSA) is 124 Å². The zero-order valence-corrected chi connectivity index (χ0v) is 17.1. The Balaban J connectivity index is 2.12. The lowest BCUT2D eigenvalue weighted by Crippen LogP contribution is -2.13. The van der Waals surface area contributed by atoms with Gasteiger partial charge in [0.05, 0.1) is 19.1 Å². The largest absolute Gasteiger partial charge is 0.502 e. The standard InChI is InChI=1S/C20H19NO8S/c1-12(22)28-19-17(23)18(13-9-14(26-2)11-15(10-13)27-3)29-20(19)21-30(24,25)16-7-5-4-6-8-16/h4-11,21,23H,1-3H3. The molecule has 10 heteroatoms. The number of hydrogen-bond acceptors (Lipinski definition) is 8. The van der Waals surface area contributed by atoms with Crippen molar-refractivity contribution in [3.8, 4) is 34.3 Å². The van der Waals surface area contributed by atoms with Gasteiger partial charge in [0.25, 0.3) is 15.9 Å². The molecule has 0 amide bonds. The molecule has 0 fully saturated rings. The Labute approximate surface area is 172 Å². The van der Waals surface area contributed by atoms with Gasteiger partial charge in [0.15, 0.2) is 5.76 Å². The molecule has 0 aliphatic rings. The summed E-state index contributed by atoms with van der Waals surface area (Å²) in [6.45, 7) is 1.11. The summed E-state index contributed by atoms with van der Waals surface area (Å²) in [6, 6.07) is 12.2. The first-order valence-corrected chi connectivity index (χ1v) is 10.1. The number of sulfonamides is 1. The van der Waals surface area contributed by atoms with Crippen LogP contribution in [0.25, 0.3) is 11.3 Å². The lowest BCUT2D eigenvalue weighted by Gasteiger charge is -2.07. The van der Waals surface area contributed by atoms with Gasteiger partial charge in [-0.15, -0.1) is 0 Å². The number of furan rings is 1. The third kappa shape index (κ3) is 4.33. The fourth-order valence-corrected chi connectivity index (χ4v) is 3.64. The molecule has 9 nitrogen and oxygen atoms in total. The van der Waals surface area contributed by atoms with E-state index in [9.17, 15) is 18.3 Å². The molecule has 0 atom stereocenters. The molecule has 0 unspecified atom stereocenters. The summed E-state index contributed by atoms with van der Waals surface area (Å²) in [6.07, 6.45) is 0. The van der Waals surface area contributed by atoms with E-state index in [0.717, 1.165) is 6.92 Å². The molecule has 0 bridgehead atoms. The number of carbonyl (C=O) groups excluding carboxylic acids is 1. The van der Waals surface area contributed by atoms with Gasteiger partial charge >= 0.3 is 5.97 Å². The Morgan fingerprint density at radius 2 is 1.63 bits per heavy atom. The van der Waals surface area contributed by atoms with Crippen molar-refractivity contribution in [3.63, 3.8) is 0 Å². The first-order valence-electron chi connectivity index (χ1n) is 8.60. The Hall–Kier alpha value is -3.66. The van der Waals surface area contributed by atoms with Crippen molar-refractivity contribution < 1.29 is 36.9 Å². The number of anilines is 1. The van der Waals surface area contributed by atoms with Crippen molar-refractivity contribution in [1.82, 2.24) is 0 Å². The Morgan fingerprint density at radius 3 is 2.17 bits per heavy atom. The molecule has 30 heavy (non-hydrogen) atoms. The molecule has 2 aromatic carbocycles. The normalized spacial score (nSPS) is 11.0. The van der Waals surface area contributed by atoms with Crippen LogP contribution in [0.3, 0.4) is 0 Å². The van der Waals surface area contributed by atoms with Crippen LogP contribution in [0.4, 0.5) is 5.88 Å². The van der Waals surface area contributed by atoms with Crippen LogP contribution >= 0.6 is 0 Å². The van der Waals surface area contributed by atoms with Gasteiger partial charge in [-0.05, 0) is 24.3 Å². The van der Waals surface area contributed by atoms with E-state index in [-0.39, 0.29) is 10.7 Å². The second kappa shape index (κ2) is 8.37. The van der Waals surface area contributed by atoms with Gasteiger partial charge in [0, 0.05) is 18.6 Å². The highest BCUT2D eigenvalue weighted by molar-refractivity contribution is 7.92. The number of hydrogen-bond donors (Lipinski definition) is 2. The van der Waals surface area contributed by atoms with Gasteiger partial charge < -0.3 is 23.7 Å². The average Bonchev–Trinajstić information content (AvgIpc) is 3.02. The molecule has 0 radical (unpaired) electrons. The molecule has 0 aliphatic heterocycles. The van der Waals surface area contributed by atoms with E-state index in [2.05, 4.69) is 4.72 Å². The van der Waals surface area contributed by atoms with Crippen LogP contribution in [0.2, 0.25) is 0 Å². The lowest BCUT2D eigenvalue weighted by molar-refractivity contribution is -0.131. The summed E-state index contributed by atoms with van der Waals surface area (Å²) in [5.41, 5.74) is 0.308. The van der Waals surface area contributed by atoms with Gasteiger partial charge in [-0.3, -0.25) is 4.79 Å². The molecular weight excluding hydrogens is 414 g/mol. The van der Waals surface area contributed by atoms with Crippen molar-refractivity contribution in [2.45, 2.75) is 11.8 Å². The number of methoxy groups -OCH3 is 2. The second-order valence-electron chi connectivity index (χ2n) is 6.05. The Morgan fingerprint density at radius 1 is 1.03 bits per heavy atom. The number of esters is 1. The highest BCUT2D eigenvalue weighted by Gasteiger charge is 2.28. The van der Waals surface area contributed by atoms with E-state index in [1.807, 2.05) is 0 Å². The van der Waals surface area contributed by atoms with Gasteiger partial charge in [-0.2, -0.15) is 0 Å². The minimum absolute atomic E-state index is 0.0423. The van der Waals surface area contributed by atoms with Crippen LogP contribution in [0.15, 0.2) is 57.8 Å². The highest BCUT2D eigenvalue weighted by atomic mass is 32.2. The highest BCUT2D eigenvalue weighted by Crippen LogP contribution is 2.48. The smallest absolute Gasteiger partial charge is 0.308 e. The zero-order chi connectivity index (χ0) is 21.9. The van der Waals surface area contributed by atoms with Gasteiger partial charge in [-0.1, -0.05) is 18.2 Å². The third-order valence-electron chi connectivity index (χ3n) is 3.98. The van der Waals surface area contributed by atoms with Crippen molar-refractivity contribution in [2.24, 2.45) is 0 Å². The molecular formula is C20H19NO8S. The van der Waals surface area contributed by atoms with E-state index in [1.165, 1.54) is 38.5 Å². The fraction of sp³-hybridized carbons (Fsp3) is 0.150. The van der Waals surface area contributed by atoms with E-state index in [1.54, 1.807) is 24.3 Å². The van der Waals surface area contributed by atoms with Crippen LogP contribution in [-0.4, -0.2) is 33.7 Å². The zero-order valence-electron chi connectivity index (χ0n) is 16.3. The quantitative estimate of drug-likeness (QED) is 0.543. The van der Waals surface area contributed by atoms with E-state index in [4.69, 9.17) is 18.6 Å². The molecule has 2 N–H and O–H groups in total. The number of rotatable bonds is 7. The summed E-state index contributed by atoms with van der Waals surface area (Å²) in [4.78, 5) is 11.5. The maximum absolute atomic E-state index is 12.7. The van der Waals surface area contributed by atoms with Crippen LogP contribution in [0, 0.1) is 0 Å². The average molecular weight is 433 g/mol. The molecule has 158 valence electrons. The number of aromatic hydroxyl groups is 1. The third-order valence-corrected chi connectivity index (χ3v) is 5.33. The number of ether oxygens (including phenoxy) is 3. The summed E-state index contributed by atoms with van der Waals surface area (Å²) in [5.74, 6) is -1.59. The SMILES string of the molecule is COc1cc(OC)cc(-c2oc(NS(=O)(=O)c3ccccc3)c(OC(C)=O)c2O)c1. The minimum atomic E-state index is -4.08. The van der Waals surface area contributed by atoms with E-state index < -0.39 is 33.4 Å². The summed E-state index contributed by atoms with van der Waals surface area (Å²) >= 11 is 0. The summed E-state index contributed by atoms with van der Waals surface area (Å²) in [7, 11) is -1.18. The van der Waals surface area contributed by atoms with Crippen molar-refractivity contribution >= 4 is 21.9 Å². The van der Waals surface area contributed by atoms with E-state index in [0.29, 0.717) is 17.1 Å². The molecule has 3 rings (SSSR count). The molecule has 0 spiro atoms. The van der Waals surface area contributed by atoms with Crippen LogP contribution in [0.5, 0.6) is 23.0 Å². The van der Waals surface area contributed by atoms with Gasteiger partial charge in [0.1, 0.15) is 11.5 Å². The summed E-state index contributed by atoms with van der Waals surface area (Å²) < 4.78 is 48.5. The molecule has 0 saturated carbocycles. The maximum atomic E-state index is 12.7. The lowest BCUT2D eigenvalue weighted by atomic mass is 10.1. The molecule has 1 heterocycles. The summed E-state index contributed by atoms with van der Waals surface area (Å²) in [5, 5.41) is 10.6.